The predicted molar refractivity (Wildman–Crippen MR) is 122 cm³/mol. The zero-order valence-corrected chi connectivity index (χ0v) is 19.6. The Bertz CT molecular complexity index is 803. The molecule has 0 spiro atoms. The van der Waals surface area contributed by atoms with Gasteiger partial charge in [0, 0.05) is 24.6 Å². The number of methoxy groups -OCH3 is 2. The summed E-state index contributed by atoms with van der Waals surface area (Å²) < 4.78 is 33.1. The molecule has 0 aromatic heterocycles. The van der Waals surface area contributed by atoms with Crippen molar-refractivity contribution in [2.45, 2.75) is 13.8 Å². The van der Waals surface area contributed by atoms with Gasteiger partial charge in [0.15, 0.2) is 5.52 Å². The summed E-state index contributed by atoms with van der Waals surface area (Å²) in [4.78, 5) is 13.2. The topological polar surface area (TPSA) is 72.5 Å². The molecule has 0 aliphatic heterocycles. The van der Waals surface area contributed by atoms with E-state index in [-0.39, 0.29) is 14.1 Å². The van der Waals surface area contributed by atoms with Crippen LogP contribution in [0.5, 0.6) is 23.0 Å². The minimum absolute atomic E-state index is 0.103. The van der Waals surface area contributed by atoms with Crippen molar-refractivity contribution in [2.75, 3.05) is 53.9 Å². The van der Waals surface area contributed by atoms with E-state index in [0.717, 1.165) is 5.30 Å². The van der Waals surface area contributed by atoms with Crippen LogP contribution in [0.3, 0.4) is 0 Å². The largest absolute Gasteiger partial charge is 0.496 e. The minimum atomic E-state index is -0.181. The SMILES string of the molecule is CCOCCOc1ccc(PC(=O)c2c(OC)cccc2OC)c(OCCOCC)c1. The maximum Gasteiger partial charge on any atom is 0.193 e. The highest BCUT2D eigenvalue weighted by molar-refractivity contribution is 7.66. The highest BCUT2D eigenvalue weighted by Gasteiger charge is 2.20. The molecule has 0 aliphatic carbocycles. The van der Waals surface area contributed by atoms with Crippen LogP contribution in [-0.2, 0) is 9.47 Å². The molecule has 0 saturated heterocycles. The molecule has 2 rings (SSSR count). The van der Waals surface area contributed by atoms with Crippen molar-refractivity contribution in [3.63, 3.8) is 0 Å². The van der Waals surface area contributed by atoms with Gasteiger partial charge in [0.2, 0.25) is 0 Å². The second kappa shape index (κ2) is 13.9. The van der Waals surface area contributed by atoms with Gasteiger partial charge in [-0.05, 0) is 46.7 Å². The zero-order valence-electron chi connectivity index (χ0n) is 18.6. The van der Waals surface area contributed by atoms with Crippen LogP contribution in [0, 0.1) is 0 Å². The fraction of sp³-hybridized carbons (Fsp3) is 0.435. The molecular weight excluding hydrogens is 419 g/mol. The Labute approximate surface area is 185 Å². The average molecular weight is 450 g/mol. The van der Waals surface area contributed by atoms with Crippen LogP contribution in [0.1, 0.15) is 24.2 Å². The molecule has 170 valence electrons. The van der Waals surface area contributed by atoms with Crippen LogP contribution in [0.15, 0.2) is 36.4 Å². The van der Waals surface area contributed by atoms with Gasteiger partial charge < -0.3 is 28.4 Å². The van der Waals surface area contributed by atoms with E-state index in [1.54, 1.807) is 24.3 Å². The molecule has 2 aromatic rings. The number of carbonyl (C=O) groups is 1. The lowest BCUT2D eigenvalue weighted by atomic mass is 10.2. The first-order valence-corrected chi connectivity index (χ1v) is 11.2. The number of hydrogen-bond acceptors (Lipinski definition) is 7. The minimum Gasteiger partial charge on any atom is -0.496 e. The van der Waals surface area contributed by atoms with Gasteiger partial charge in [0.25, 0.3) is 0 Å². The summed E-state index contributed by atoms with van der Waals surface area (Å²) in [7, 11) is 2.89. The smallest absolute Gasteiger partial charge is 0.193 e. The maximum absolute atomic E-state index is 13.2. The summed E-state index contributed by atoms with van der Waals surface area (Å²) in [5.74, 6) is 2.20. The quantitative estimate of drug-likeness (QED) is 0.303. The second-order valence-corrected chi connectivity index (χ2v) is 7.48. The lowest BCUT2D eigenvalue weighted by Gasteiger charge is -2.15. The van der Waals surface area contributed by atoms with Crippen LogP contribution >= 0.6 is 8.58 Å². The third-order valence-corrected chi connectivity index (χ3v) is 5.41. The number of benzene rings is 2. The van der Waals surface area contributed by atoms with Gasteiger partial charge in [-0.2, -0.15) is 0 Å². The summed E-state index contributed by atoms with van der Waals surface area (Å²) in [6.07, 6.45) is 0. The van der Waals surface area contributed by atoms with Crippen LogP contribution < -0.4 is 24.3 Å². The van der Waals surface area contributed by atoms with E-state index in [2.05, 4.69) is 0 Å². The number of ether oxygens (including phenoxy) is 6. The molecule has 0 heterocycles. The molecule has 1 atom stereocenters. The Morgan fingerprint density at radius 1 is 0.806 bits per heavy atom. The lowest BCUT2D eigenvalue weighted by Crippen LogP contribution is -2.13. The molecule has 1 unspecified atom stereocenters. The highest BCUT2D eigenvalue weighted by Crippen LogP contribution is 2.35. The number of rotatable bonds is 15. The van der Waals surface area contributed by atoms with Crippen molar-refractivity contribution in [1.29, 1.82) is 0 Å². The summed E-state index contributed by atoms with van der Waals surface area (Å²) in [6, 6.07) is 10.8. The molecular formula is C23H31O7P. The molecule has 31 heavy (non-hydrogen) atoms. The highest BCUT2D eigenvalue weighted by atomic mass is 31.1. The van der Waals surface area contributed by atoms with Crippen molar-refractivity contribution >= 4 is 19.4 Å². The van der Waals surface area contributed by atoms with Gasteiger partial charge in [-0.3, -0.25) is 4.79 Å². The van der Waals surface area contributed by atoms with Gasteiger partial charge in [0.05, 0.1) is 27.4 Å². The molecule has 0 amide bonds. The van der Waals surface area contributed by atoms with Crippen LogP contribution in [-0.4, -0.2) is 59.4 Å². The Balaban J connectivity index is 2.22. The average Bonchev–Trinajstić information content (AvgIpc) is 2.80. The molecule has 0 bridgehead atoms. The third kappa shape index (κ3) is 7.69. The van der Waals surface area contributed by atoms with E-state index < -0.39 is 0 Å². The van der Waals surface area contributed by atoms with E-state index in [9.17, 15) is 4.79 Å². The molecule has 0 aliphatic rings. The Morgan fingerprint density at radius 2 is 1.42 bits per heavy atom. The van der Waals surface area contributed by atoms with E-state index in [1.165, 1.54) is 14.2 Å². The zero-order chi connectivity index (χ0) is 22.5. The Kier molecular flexibility index (Phi) is 11.1. The molecule has 7 nitrogen and oxygen atoms in total. The van der Waals surface area contributed by atoms with Crippen LogP contribution in [0.4, 0.5) is 0 Å². The second-order valence-electron chi connectivity index (χ2n) is 6.24. The summed E-state index contributed by atoms with van der Waals surface area (Å²) in [5, 5.41) is 0.770. The standard InChI is InChI=1S/C23H31O7P/c1-5-27-12-14-29-17-10-11-21(20(16-17)30-15-13-28-6-2)31-23(24)22-18(25-3)8-7-9-19(22)26-4/h7-11,16,31H,5-6,12-15H2,1-4H3. The first kappa shape index (κ1) is 24.9. The maximum atomic E-state index is 13.2. The summed E-state index contributed by atoms with van der Waals surface area (Å²) in [5.41, 5.74) is 0.317. The van der Waals surface area contributed by atoms with Gasteiger partial charge in [-0.1, -0.05) is 6.07 Å². The summed E-state index contributed by atoms with van der Waals surface area (Å²) >= 11 is 0. The first-order chi connectivity index (χ1) is 15.1. The van der Waals surface area contributed by atoms with Crippen molar-refractivity contribution in [1.82, 2.24) is 0 Å². The molecule has 0 fully saturated rings. The monoisotopic (exact) mass is 450 g/mol. The van der Waals surface area contributed by atoms with Gasteiger partial charge in [0.1, 0.15) is 41.8 Å². The summed E-state index contributed by atoms with van der Waals surface area (Å²) in [6.45, 7) is 6.90. The fourth-order valence-electron chi connectivity index (χ4n) is 2.79. The molecule has 0 N–H and O–H groups in total. The molecule has 8 heteroatoms. The molecule has 0 saturated carbocycles. The van der Waals surface area contributed by atoms with E-state index in [1.807, 2.05) is 26.0 Å². The number of hydrogen-bond donors (Lipinski definition) is 0. The van der Waals surface area contributed by atoms with Crippen LogP contribution in [0.25, 0.3) is 0 Å². The van der Waals surface area contributed by atoms with Crippen molar-refractivity contribution < 1.29 is 33.2 Å². The van der Waals surface area contributed by atoms with E-state index >= 15 is 0 Å². The van der Waals surface area contributed by atoms with Crippen LogP contribution in [0.2, 0.25) is 0 Å². The van der Waals surface area contributed by atoms with Gasteiger partial charge in [-0.25, -0.2) is 0 Å². The Morgan fingerprint density at radius 3 is 2.00 bits per heavy atom. The van der Waals surface area contributed by atoms with Gasteiger partial charge in [-0.15, -0.1) is 0 Å². The third-order valence-electron chi connectivity index (χ3n) is 4.25. The van der Waals surface area contributed by atoms with E-state index in [4.69, 9.17) is 28.4 Å². The van der Waals surface area contributed by atoms with E-state index in [0.29, 0.717) is 68.2 Å². The fourth-order valence-corrected chi connectivity index (χ4v) is 3.84. The Hall–Kier alpha value is -2.34. The van der Waals surface area contributed by atoms with Crippen molar-refractivity contribution in [3.05, 3.63) is 42.0 Å². The molecule has 0 radical (unpaired) electrons. The normalized spacial score (nSPS) is 11.0. The number of carbonyl (C=O) groups excluding carboxylic acids is 1. The lowest BCUT2D eigenvalue weighted by molar-refractivity contribution is 0.107. The van der Waals surface area contributed by atoms with Gasteiger partial charge >= 0.3 is 0 Å². The predicted octanol–water partition coefficient (Wildman–Crippen LogP) is 3.68. The first-order valence-electron chi connectivity index (χ1n) is 10.2. The molecule has 2 aromatic carbocycles. The van der Waals surface area contributed by atoms with Crippen molar-refractivity contribution in [2.24, 2.45) is 0 Å². The van der Waals surface area contributed by atoms with Crippen molar-refractivity contribution in [3.8, 4) is 23.0 Å².